The van der Waals surface area contributed by atoms with Gasteiger partial charge in [0, 0.05) is 11.1 Å². The highest BCUT2D eigenvalue weighted by Gasteiger charge is 2.48. The molecule has 0 amide bonds. The lowest BCUT2D eigenvalue weighted by molar-refractivity contribution is 0.535. The van der Waals surface area contributed by atoms with Gasteiger partial charge < -0.3 is 4.57 Å². The van der Waals surface area contributed by atoms with E-state index in [1.807, 2.05) is 25.1 Å². The largest absolute Gasteiger partial charge is 0.323 e. The molecule has 0 radical (unpaired) electrons. The van der Waals surface area contributed by atoms with E-state index in [2.05, 4.69) is 23.4 Å². The van der Waals surface area contributed by atoms with Crippen LogP contribution in [0.3, 0.4) is 0 Å². The number of rotatable bonds is 2. The summed E-state index contributed by atoms with van der Waals surface area (Å²) >= 11 is 12.4. The molecule has 1 saturated carbocycles. The van der Waals surface area contributed by atoms with Crippen molar-refractivity contribution in [3.63, 3.8) is 0 Å². The Balaban J connectivity index is 2.25. The van der Waals surface area contributed by atoms with Crippen LogP contribution >= 0.6 is 23.2 Å². The molecule has 18 heavy (non-hydrogen) atoms. The van der Waals surface area contributed by atoms with Crippen LogP contribution in [0.5, 0.6) is 0 Å². The fourth-order valence-corrected chi connectivity index (χ4v) is 2.89. The zero-order chi connectivity index (χ0) is 13.1. The number of benzene rings is 1. The van der Waals surface area contributed by atoms with Crippen LogP contribution in [0.15, 0.2) is 18.2 Å². The van der Waals surface area contributed by atoms with Gasteiger partial charge in [-0.15, -0.1) is 11.6 Å². The molecule has 4 heteroatoms. The molecule has 0 bridgehead atoms. The highest BCUT2D eigenvalue weighted by atomic mass is 35.5. The van der Waals surface area contributed by atoms with E-state index in [9.17, 15) is 0 Å². The monoisotopic (exact) mass is 282 g/mol. The van der Waals surface area contributed by atoms with Crippen molar-refractivity contribution in [2.45, 2.75) is 38.6 Å². The maximum Gasteiger partial charge on any atom is 0.127 e. The van der Waals surface area contributed by atoms with Crippen molar-refractivity contribution in [2.75, 3.05) is 0 Å². The van der Waals surface area contributed by atoms with Gasteiger partial charge in [-0.25, -0.2) is 4.98 Å². The molecule has 0 aliphatic heterocycles. The summed E-state index contributed by atoms with van der Waals surface area (Å²) in [5.41, 5.74) is 2.40. The van der Waals surface area contributed by atoms with Gasteiger partial charge in [-0.3, -0.25) is 0 Å². The molecule has 2 atom stereocenters. The Labute approximate surface area is 117 Å². The molecule has 2 nitrogen and oxygen atoms in total. The van der Waals surface area contributed by atoms with Crippen LogP contribution < -0.4 is 0 Å². The summed E-state index contributed by atoms with van der Waals surface area (Å²) < 4.78 is 2.28. The normalized spacial score (nSPS) is 23.3. The summed E-state index contributed by atoms with van der Waals surface area (Å²) in [4.78, 5) is 4.65. The number of hydrogen-bond acceptors (Lipinski definition) is 1. The quantitative estimate of drug-likeness (QED) is 0.712. The van der Waals surface area contributed by atoms with Crippen LogP contribution in [0.4, 0.5) is 0 Å². The van der Waals surface area contributed by atoms with Gasteiger partial charge in [-0.1, -0.05) is 25.4 Å². The Kier molecular flexibility index (Phi) is 2.65. The van der Waals surface area contributed by atoms with Crippen LogP contribution in [-0.2, 0) is 0 Å². The number of nitrogens with zero attached hydrogens (tertiary/aromatic N) is 2. The number of halogens is 2. The maximum atomic E-state index is 6.27. The SMILES string of the molecule is CC(Cl)c1nc2ccc(Cl)cc2n1C1CC1(C)C. The minimum absolute atomic E-state index is 0.0902. The second kappa shape index (κ2) is 3.88. The molecular weight excluding hydrogens is 267 g/mol. The van der Waals surface area contributed by atoms with E-state index < -0.39 is 0 Å². The second-order valence-corrected chi connectivity index (χ2v) is 6.89. The van der Waals surface area contributed by atoms with Crippen LogP contribution in [0.1, 0.15) is 44.4 Å². The predicted octanol–water partition coefficient (Wildman–Crippen LogP) is 4.96. The van der Waals surface area contributed by atoms with E-state index in [0.717, 1.165) is 21.9 Å². The van der Waals surface area contributed by atoms with E-state index in [0.29, 0.717) is 11.5 Å². The lowest BCUT2D eigenvalue weighted by atomic mass is 10.2. The lowest BCUT2D eigenvalue weighted by Crippen LogP contribution is -2.06. The third-order valence-corrected chi connectivity index (χ3v) is 4.24. The van der Waals surface area contributed by atoms with Crippen LogP contribution in [0.2, 0.25) is 5.02 Å². The fraction of sp³-hybridized carbons (Fsp3) is 0.500. The van der Waals surface area contributed by atoms with Crippen LogP contribution in [0, 0.1) is 5.41 Å². The number of imidazole rings is 1. The molecule has 2 aromatic rings. The standard InChI is InChI=1S/C14H16Cl2N2/c1-8(15)13-17-10-5-4-9(16)6-11(10)18(13)12-7-14(12,2)3/h4-6,8,12H,7H2,1-3H3. The van der Waals surface area contributed by atoms with E-state index in [1.165, 1.54) is 6.42 Å². The molecule has 1 aliphatic carbocycles. The first-order valence-electron chi connectivity index (χ1n) is 6.21. The molecule has 1 fully saturated rings. The first-order chi connectivity index (χ1) is 8.40. The number of fused-ring (bicyclic) bond motifs is 1. The highest BCUT2D eigenvalue weighted by Crippen LogP contribution is 2.57. The zero-order valence-electron chi connectivity index (χ0n) is 10.7. The Hall–Kier alpha value is -0.730. The van der Waals surface area contributed by atoms with Crippen molar-refractivity contribution in [1.82, 2.24) is 9.55 Å². The highest BCUT2D eigenvalue weighted by molar-refractivity contribution is 6.31. The third kappa shape index (κ3) is 1.83. The van der Waals surface area contributed by atoms with Crippen molar-refractivity contribution in [3.8, 4) is 0 Å². The van der Waals surface area contributed by atoms with Crippen molar-refractivity contribution in [2.24, 2.45) is 5.41 Å². The lowest BCUT2D eigenvalue weighted by Gasteiger charge is -2.12. The molecule has 3 rings (SSSR count). The van der Waals surface area contributed by atoms with E-state index in [4.69, 9.17) is 23.2 Å². The van der Waals surface area contributed by atoms with Crippen molar-refractivity contribution >= 4 is 34.2 Å². The van der Waals surface area contributed by atoms with Crippen LogP contribution in [0.25, 0.3) is 11.0 Å². The molecule has 1 heterocycles. The second-order valence-electron chi connectivity index (χ2n) is 5.80. The number of aromatic nitrogens is 2. The smallest absolute Gasteiger partial charge is 0.127 e. The topological polar surface area (TPSA) is 17.8 Å². The summed E-state index contributed by atoms with van der Waals surface area (Å²) in [6.45, 7) is 6.52. The predicted molar refractivity (Wildman–Crippen MR) is 76.4 cm³/mol. The Morgan fingerprint density at radius 1 is 1.44 bits per heavy atom. The van der Waals surface area contributed by atoms with Gasteiger partial charge in [0.05, 0.1) is 16.4 Å². The molecule has 0 saturated heterocycles. The molecule has 1 aromatic carbocycles. The van der Waals surface area contributed by atoms with Crippen molar-refractivity contribution < 1.29 is 0 Å². The average Bonchev–Trinajstić information content (AvgIpc) is 2.74. The molecule has 2 unspecified atom stereocenters. The van der Waals surface area contributed by atoms with Gasteiger partial charge in [0.25, 0.3) is 0 Å². The summed E-state index contributed by atoms with van der Waals surface area (Å²) in [5.74, 6) is 0.949. The van der Waals surface area contributed by atoms with Gasteiger partial charge in [0.2, 0.25) is 0 Å². The summed E-state index contributed by atoms with van der Waals surface area (Å²) in [5, 5.41) is 0.656. The van der Waals surface area contributed by atoms with Crippen molar-refractivity contribution in [3.05, 3.63) is 29.0 Å². The van der Waals surface area contributed by atoms with Crippen molar-refractivity contribution in [1.29, 1.82) is 0 Å². The molecular formula is C14H16Cl2N2. The third-order valence-electron chi connectivity index (χ3n) is 3.81. The molecule has 96 valence electrons. The van der Waals surface area contributed by atoms with E-state index in [1.54, 1.807) is 0 Å². The minimum Gasteiger partial charge on any atom is -0.323 e. The van der Waals surface area contributed by atoms with Crippen LogP contribution in [-0.4, -0.2) is 9.55 Å². The fourth-order valence-electron chi connectivity index (χ4n) is 2.57. The van der Waals surface area contributed by atoms with E-state index >= 15 is 0 Å². The summed E-state index contributed by atoms with van der Waals surface area (Å²) in [6, 6.07) is 6.31. The number of hydrogen-bond donors (Lipinski definition) is 0. The molecule has 1 aliphatic rings. The Bertz CT molecular complexity index is 614. The summed E-state index contributed by atoms with van der Waals surface area (Å²) in [7, 11) is 0. The average molecular weight is 283 g/mol. The maximum absolute atomic E-state index is 6.27. The van der Waals surface area contributed by atoms with Gasteiger partial charge in [-0.05, 0) is 37.0 Å². The summed E-state index contributed by atoms with van der Waals surface area (Å²) in [6.07, 6.45) is 1.17. The number of alkyl halides is 1. The van der Waals surface area contributed by atoms with Gasteiger partial charge in [-0.2, -0.15) is 0 Å². The first kappa shape index (κ1) is 12.3. The Morgan fingerprint density at radius 2 is 2.11 bits per heavy atom. The van der Waals surface area contributed by atoms with Gasteiger partial charge >= 0.3 is 0 Å². The Morgan fingerprint density at radius 3 is 2.67 bits per heavy atom. The molecule has 0 N–H and O–H groups in total. The molecule has 0 spiro atoms. The van der Waals surface area contributed by atoms with Gasteiger partial charge in [0.1, 0.15) is 5.82 Å². The van der Waals surface area contributed by atoms with E-state index in [-0.39, 0.29) is 5.38 Å². The zero-order valence-corrected chi connectivity index (χ0v) is 12.3. The minimum atomic E-state index is -0.0902. The first-order valence-corrected chi connectivity index (χ1v) is 7.03. The van der Waals surface area contributed by atoms with Gasteiger partial charge in [0.15, 0.2) is 0 Å². The molecule has 1 aromatic heterocycles.